The van der Waals surface area contributed by atoms with Crippen LogP contribution in [0.1, 0.15) is 6.92 Å². The van der Waals surface area contributed by atoms with E-state index in [1.54, 1.807) is 0 Å². The SMILES string of the molecule is CCOB=P. The normalized spacial score (nSPS) is 6.60. The van der Waals surface area contributed by atoms with Crippen LogP contribution in [0.25, 0.3) is 0 Å². The molecule has 0 aliphatic carbocycles. The minimum atomic E-state index is 0.740. The Labute approximate surface area is 34.8 Å². The zero-order chi connectivity index (χ0) is 4.12. The second-order valence-corrected chi connectivity index (χ2v) is 0.809. The molecule has 0 N–H and O–H groups in total. The Bertz CT molecular complexity index is 30.8. The summed E-state index contributed by atoms with van der Waals surface area (Å²) in [6.45, 7) is 4.15. The summed E-state index contributed by atoms with van der Waals surface area (Å²) in [4.78, 5) is 0. The van der Waals surface area contributed by atoms with Gasteiger partial charge in [-0.3, -0.25) is 0 Å². The first-order chi connectivity index (χ1) is 2.41. The Morgan fingerprint density at radius 1 is 2.00 bits per heavy atom. The molecule has 0 aliphatic rings. The van der Waals surface area contributed by atoms with Gasteiger partial charge in [0, 0.05) is 0 Å². The summed E-state index contributed by atoms with van der Waals surface area (Å²) in [5, 5.41) is 0. The van der Waals surface area contributed by atoms with Crippen LogP contribution in [0.15, 0.2) is 0 Å². The van der Waals surface area contributed by atoms with Gasteiger partial charge >= 0.3 is 33.7 Å². The van der Waals surface area contributed by atoms with Gasteiger partial charge in [0.25, 0.3) is 0 Å². The van der Waals surface area contributed by atoms with Crippen molar-refractivity contribution in [2.45, 2.75) is 6.92 Å². The molecule has 0 unspecified atom stereocenters. The summed E-state index contributed by atoms with van der Waals surface area (Å²) in [6, 6.07) is 0. The van der Waals surface area contributed by atoms with Crippen LogP contribution in [0.4, 0.5) is 0 Å². The molecule has 1 nitrogen and oxygen atoms in total. The summed E-state index contributed by atoms with van der Waals surface area (Å²) in [5.41, 5.74) is 0. The molecule has 0 radical (unpaired) electrons. The van der Waals surface area contributed by atoms with Gasteiger partial charge in [-0.2, -0.15) is 0 Å². The second kappa shape index (κ2) is 4.32. The number of hydrogen-bond donors (Lipinski definition) is 0. The summed E-state index contributed by atoms with van der Waals surface area (Å²) < 4.78 is 4.62. The molecular weight excluding hydrogens is 81.8 g/mol. The van der Waals surface area contributed by atoms with E-state index in [0.29, 0.717) is 0 Å². The summed E-state index contributed by atoms with van der Waals surface area (Å²) >= 11 is 0. The maximum absolute atomic E-state index is 4.62. The van der Waals surface area contributed by atoms with E-state index in [2.05, 4.69) is 13.4 Å². The van der Waals surface area contributed by atoms with E-state index in [1.165, 1.54) is 6.82 Å². The molecule has 0 bridgehead atoms. The first-order valence-electron chi connectivity index (χ1n) is 1.52. The molecule has 0 rings (SSSR count). The van der Waals surface area contributed by atoms with Crippen molar-refractivity contribution in [1.29, 1.82) is 0 Å². The van der Waals surface area contributed by atoms with Gasteiger partial charge in [-0.1, -0.05) is 0 Å². The van der Waals surface area contributed by atoms with Crippen molar-refractivity contribution in [2.24, 2.45) is 0 Å². The molecule has 0 heterocycles. The number of hydrogen-bond acceptors (Lipinski definition) is 1. The first-order valence-corrected chi connectivity index (χ1v) is 2.10. The molecule has 0 aromatic rings. The van der Waals surface area contributed by atoms with Crippen LogP contribution in [0.5, 0.6) is 0 Å². The Balaban J connectivity index is 2.40. The predicted octanol–water partition coefficient (Wildman–Crippen LogP) is 0.700. The topological polar surface area (TPSA) is 9.23 Å². The van der Waals surface area contributed by atoms with Gasteiger partial charge in [-0.05, 0) is 0 Å². The molecule has 0 spiro atoms. The monoisotopic (exact) mass is 88.0 g/mol. The van der Waals surface area contributed by atoms with Gasteiger partial charge < -0.3 is 0 Å². The second-order valence-electron chi connectivity index (χ2n) is 0.573. The zero-order valence-electron chi connectivity index (χ0n) is 3.19. The molecule has 0 aromatic heterocycles. The Hall–Kier alpha value is 0.325. The third kappa shape index (κ3) is 4.32. The van der Waals surface area contributed by atoms with E-state index in [9.17, 15) is 0 Å². The van der Waals surface area contributed by atoms with Crippen LogP contribution >= 0.6 is 8.73 Å². The van der Waals surface area contributed by atoms with Gasteiger partial charge in [-0.15, -0.1) is 0 Å². The van der Waals surface area contributed by atoms with Crippen molar-refractivity contribution in [3.63, 3.8) is 0 Å². The van der Waals surface area contributed by atoms with Gasteiger partial charge in [0.05, 0.1) is 0 Å². The molecule has 3 heteroatoms. The zero-order valence-corrected chi connectivity index (χ0v) is 4.19. The minimum absolute atomic E-state index is 0.740. The Kier molecular flexibility index (Phi) is 4.61. The fourth-order valence-corrected chi connectivity index (χ4v) is 0.250. The summed E-state index contributed by atoms with van der Waals surface area (Å²) in [5.74, 6) is 0. The molecule has 28 valence electrons. The van der Waals surface area contributed by atoms with Gasteiger partial charge in [0.15, 0.2) is 0 Å². The van der Waals surface area contributed by atoms with Gasteiger partial charge in [-0.25, -0.2) is 0 Å². The van der Waals surface area contributed by atoms with Gasteiger partial charge in [0.2, 0.25) is 0 Å². The van der Waals surface area contributed by atoms with Crippen LogP contribution in [-0.2, 0) is 4.65 Å². The first kappa shape index (κ1) is 5.32. The third-order valence-electron chi connectivity index (χ3n) is 0.250. The third-order valence-corrected chi connectivity index (χ3v) is 0.417. The van der Waals surface area contributed by atoms with Crippen LogP contribution < -0.4 is 0 Å². The summed E-state index contributed by atoms with van der Waals surface area (Å²) in [7, 11) is 3.00. The molecule has 0 fully saturated rings. The standard InChI is InChI=1S/C2H6BOP/c1-2-4-3-5/h5H,2H2,1H3. The van der Waals surface area contributed by atoms with Crippen molar-refractivity contribution in [3.05, 3.63) is 0 Å². The molecule has 0 saturated carbocycles. The van der Waals surface area contributed by atoms with E-state index < -0.39 is 0 Å². The van der Waals surface area contributed by atoms with Gasteiger partial charge in [0.1, 0.15) is 0 Å². The average molecular weight is 87.9 g/mol. The van der Waals surface area contributed by atoms with E-state index in [-0.39, 0.29) is 0 Å². The molecule has 0 saturated heterocycles. The van der Waals surface area contributed by atoms with Crippen molar-refractivity contribution < 1.29 is 4.65 Å². The van der Waals surface area contributed by atoms with Crippen molar-refractivity contribution in [1.82, 2.24) is 0 Å². The summed E-state index contributed by atoms with van der Waals surface area (Å²) in [6.07, 6.45) is 0. The molecule has 0 aliphatic heterocycles. The molecule has 5 heavy (non-hydrogen) atoms. The number of rotatable bonds is 2. The molecule has 0 atom stereocenters. The van der Waals surface area contributed by atoms with Crippen molar-refractivity contribution >= 4 is 15.6 Å². The van der Waals surface area contributed by atoms with E-state index >= 15 is 0 Å². The van der Waals surface area contributed by atoms with Crippen LogP contribution in [0, 0.1) is 0 Å². The van der Waals surface area contributed by atoms with E-state index in [1.807, 2.05) is 6.92 Å². The van der Waals surface area contributed by atoms with Crippen LogP contribution in [0.3, 0.4) is 0 Å². The molecular formula is C2H6BOP. The van der Waals surface area contributed by atoms with Crippen molar-refractivity contribution in [2.75, 3.05) is 6.61 Å². The predicted molar refractivity (Wildman–Crippen MR) is 25.7 cm³/mol. The van der Waals surface area contributed by atoms with Crippen LogP contribution in [0.2, 0.25) is 0 Å². The Morgan fingerprint density at radius 2 is 2.60 bits per heavy atom. The molecule has 0 amide bonds. The molecule has 0 aromatic carbocycles. The quantitative estimate of drug-likeness (QED) is 0.356. The van der Waals surface area contributed by atoms with E-state index in [0.717, 1.165) is 6.61 Å². The van der Waals surface area contributed by atoms with Crippen LogP contribution in [-0.4, -0.2) is 13.4 Å². The Morgan fingerprint density at radius 3 is 2.60 bits per heavy atom. The van der Waals surface area contributed by atoms with Crippen molar-refractivity contribution in [3.8, 4) is 0 Å². The maximum atomic E-state index is 4.62. The van der Waals surface area contributed by atoms with E-state index in [4.69, 9.17) is 0 Å². The fraction of sp³-hybridized carbons (Fsp3) is 1.00. The average Bonchev–Trinajstić information content (AvgIpc) is 1.41. The fourth-order valence-electron chi connectivity index (χ4n) is 0.0833.